The number of benzene rings is 1. The van der Waals surface area contributed by atoms with Gasteiger partial charge in [-0.1, -0.05) is 96.3 Å². The number of nitrogens with one attached hydrogen (secondary N) is 4. The largest absolute Gasteiger partial charge is 0.491 e. The van der Waals surface area contributed by atoms with Crippen molar-refractivity contribution in [2.45, 2.75) is 159 Å². The second kappa shape index (κ2) is 57.2. The zero-order valence-electron chi connectivity index (χ0n) is 49.1. The lowest BCUT2D eigenvalue weighted by molar-refractivity contribution is -0.123. The smallest absolute Gasteiger partial charge is 0.315 e. The Morgan fingerprint density at radius 1 is 0.475 bits per heavy atom. The summed E-state index contributed by atoms with van der Waals surface area (Å²) in [5.41, 5.74) is 0. The van der Waals surface area contributed by atoms with Gasteiger partial charge >= 0.3 is 6.03 Å². The first kappa shape index (κ1) is 73.8. The van der Waals surface area contributed by atoms with Crippen molar-refractivity contribution in [3.8, 4) is 11.5 Å². The van der Waals surface area contributed by atoms with Crippen LogP contribution in [-0.4, -0.2) is 198 Å². The minimum atomic E-state index is -0.243. The maximum Gasteiger partial charge on any atom is 0.315 e. The molecule has 0 aliphatic carbocycles. The standard InChI is InChI=1S/C41H70N4O10S2.C18H38O4S/c46-38(13-9-8-12-37-40-36(33-57-37)44-41(48)45-40)42-18-21-50-24-25-51-22-19-43-39(47)32-55-35-16-14-34(15-17-35)54-30-29-53-28-27-52-26-23-49-20-10-6-4-2-1-3-5-7-11-31-56;1-19-12-13-21-16-17-22-15-14-20-11-9-7-5-3-2-4-6-8-10-18-23/h14-17,36-37,40,56H,1-13,18-33H2,(H,42,46)(H,43,47)(H2,44,45,48);23H,2-18H2,1H3. The third-order valence-corrected chi connectivity index (χ3v) is 15.2. The first-order valence-electron chi connectivity index (χ1n) is 30.4. The van der Waals surface area contributed by atoms with Crippen molar-refractivity contribution in [2.75, 3.05) is 163 Å². The summed E-state index contributed by atoms with van der Waals surface area (Å²) < 4.78 is 60.2. The molecule has 3 rings (SSSR count). The molecule has 466 valence electrons. The van der Waals surface area contributed by atoms with Crippen LogP contribution in [0.3, 0.4) is 0 Å². The van der Waals surface area contributed by atoms with E-state index in [4.69, 9.17) is 52.1 Å². The van der Waals surface area contributed by atoms with E-state index >= 15 is 0 Å². The Labute approximate surface area is 497 Å². The number of ether oxygens (including phenoxy) is 11. The molecule has 2 heterocycles. The molecule has 0 radical (unpaired) electrons. The highest BCUT2D eigenvalue weighted by atomic mass is 32.2. The molecule has 1 aromatic carbocycles. The van der Waals surface area contributed by atoms with Crippen LogP contribution in [0.2, 0.25) is 0 Å². The fourth-order valence-electron chi connectivity index (χ4n) is 8.59. The molecular weight excluding hydrogens is 1080 g/mol. The third kappa shape index (κ3) is 46.1. The molecule has 2 fully saturated rings. The van der Waals surface area contributed by atoms with Gasteiger partial charge in [0.05, 0.1) is 111 Å². The fraction of sp³-hybridized carbons (Fsp3) is 0.847. The average Bonchev–Trinajstić information content (AvgIpc) is 4.03. The van der Waals surface area contributed by atoms with Crippen LogP contribution >= 0.6 is 37.0 Å². The van der Waals surface area contributed by atoms with Crippen molar-refractivity contribution in [3.05, 3.63) is 24.3 Å². The summed E-state index contributed by atoms with van der Waals surface area (Å²) in [6.45, 7) is 10.8. The van der Waals surface area contributed by atoms with Gasteiger partial charge in [0.25, 0.3) is 5.91 Å². The first-order valence-corrected chi connectivity index (χ1v) is 32.7. The zero-order chi connectivity index (χ0) is 57.3. The predicted molar refractivity (Wildman–Crippen MR) is 327 cm³/mol. The van der Waals surface area contributed by atoms with Crippen molar-refractivity contribution < 1.29 is 66.5 Å². The summed E-state index contributed by atoms with van der Waals surface area (Å²) in [6, 6.07) is 7.47. The van der Waals surface area contributed by atoms with Gasteiger partial charge in [-0.25, -0.2) is 4.79 Å². The lowest BCUT2D eigenvalue weighted by Gasteiger charge is -2.16. The van der Waals surface area contributed by atoms with Crippen LogP contribution in [0.25, 0.3) is 0 Å². The zero-order valence-corrected chi connectivity index (χ0v) is 51.7. The van der Waals surface area contributed by atoms with Gasteiger partial charge < -0.3 is 73.4 Å². The monoisotopic (exact) mass is 1190 g/mol. The molecule has 18 nitrogen and oxygen atoms in total. The van der Waals surface area contributed by atoms with Crippen molar-refractivity contribution in [2.24, 2.45) is 0 Å². The van der Waals surface area contributed by atoms with E-state index in [0.717, 1.165) is 56.2 Å². The molecule has 2 aliphatic heterocycles. The number of carbonyl (C=O) groups is 3. The summed E-state index contributed by atoms with van der Waals surface area (Å²) >= 11 is 10.4. The molecule has 0 bridgehead atoms. The van der Waals surface area contributed by atoms with E-state index in [1.165, 1.54) is 109 Å². The number of hydrogen-bond acceptors (Lipinski definition) is 17. The van der Waals surface area contributed by atoms with E-state index in [9.17, 15) is 14.4 Å². The van der Waals surface area contributed by atoms with E-state index in [2.05, 4.69) is 46.5 Å². The molecule has 80 heavy (non-hydrogen) atoms. The molecule has 0 spiro atoms. The minimum absolute atomic E-state index is 0.0215. The van der Waals surface area contributed by atoms with E-state index in [-0.39, 0.29) is 36.5 Å². The number of urea groups is 1. The van der Waals surface area contributed by atoms with Crippen LogP contribution < -0.4 is 30.7 Å². The summed E-state index contributed by atoms with van der Waals surface area (Å²) in [5.74, 6) is 4.03. The first-order chi connectivity index (χ1) is 39.5. The molecule has 1 aromatic rings. The van der Waals surface area contributed by atoms with Gasteiger partial charge in [0.15, 0.2) is 6.61 Å². The number of unbranched alkanes of at least 4 members (excludes halogenated alkanes) is 17. The van der Waals surface area contributed by atoms with E-state index in [0.29, 0.717) is 142 Å². The maximum atomic E-state index is 12.1. The van der Waals surface area contributed by atoms with Gasteiger partial charge in [-0.05, 0) is 74.3 Å². The molecule has 3 unspecified atom stereocenters. The van der Waals surface area contributed by atoms with Gasteiger partial charge in [-0.2, -0.15) is 37.0 Å². The van der Waals surface area contributed by atoms with E-state index < -0.39 is 0 Å². The topological polar surface area (TPSA) is 201 Å². The Bertz CT molecular complexity index is 1530. The summed E-state index contributed by atoms with van der Waals surface area (Å²) in [6.07, 6.45) is 26.8. The second-order valence-corrected chi connectivity index (χ2v) is 22.0. The lowest BCUT2D eigenvalue weighted by atomic mass is 10.0. The normalized spacial score (nSPS) is 15.5. The number of amides is 4. The third-order valence-electron chi connectivity index (χ3n) is 13.1. The van der Waals surface area contributed by atoms with Gasteiger partial charge in [0, 0.05) is 50.8 Å². The van der Waals surface area contributed by atoms with Crippen LogP contribution in [0.15, 0.2) is 24.3 Å². The Morgan fingerprint density at radius 2 is 0.875 bits per heavy atom. The number of carbonyl (C=O) groups excluding carboxylic acids is 3. The number of thiol groups is 2. The van der Waals surface area contributed by atoms with Crippen LogP contribution in [-0.2, 0) is 52.2 Å². The SMILES string of the molecule is COCCOCCOCCOCCCCCCCCCCCS.O=C(CCCCC1SCC2NC(=O)NC21)NCCOCCOCCNC(=O)COc1ccc(OCCOCCOCCOCCCCCCCCCCCS)cc1. The van der Waals surface area contributed by atoms with Crippen LogP contribution in [0, 0.1) is 0 Å². The predicted octanol–water partition coefficient (Wildman–Crippen LogP) is 9.05. The van der Waals surface area contributed by atoms with Crippen molar-refractivity contribution in [1.29, 1.82) is 0 Å². The number of rotatable bonds is 58. The highest BCUT2D eigenvalue weighted by Gasteiger charge is 2.42. The second-order valence-electron chi connectivity index (χ2n) is 19.9. The molecule has 0 aromatic heterocycles. The van der Waals surface area contributed by atoms with Crippen molar-refractivity contribution >= 4 is 54.9 Å². The van der Waals surface area contributed by atoms with Crippen LogP contribution in [0.4, 0.5) is 4.79 Å². The Morgan fingerprint density at radius 3 is 1.35 bits per heavy atom. The van der Waals surface area contributed by atoms with Crippen LogP contribution in [0.1, 0.15) is 141 Å². The van der Waals surface area contributed by atoms with Crippen molar-refractivity contribution in [1.82, 2.24) is 21.3 Å². The number of fused-ring (bicyclic) bond motifs is 1. The van der Waals surface area contributed by atoms with E-state index in [1.54, 1.807) is 31.4 Å². The molecule has 2 saturated heterocycles. The summed E-state index contributed by atoms with van der Waals surface area (Å²) in [7, 11) is 1.67. The molecule has 4 N–H and O–H groups in total. The lowest BCUT2D eigenvalue weighted by Crippen LogP contribution is -2.36. The summed E-state index contributed by atoms with van der Waals surface area (Å²) in [5, 5.41) is 12.0. The van der Waals surface area contributed by atoms with Crippen LogP contribution in [0.5, 0.6) is 11.5 Å². The molecule has 2 aliphatic rings. The number of hydrogen-bond donors (Lipinski definition) is 6. The van der Waals surface area contributed by atoms with Crippen molar-refractivity contribution in [3.63, 3.8) is 0 Å². The molecule has 0 saturated carbocycles. The molecular formula is C59H108N4O14S3. The highest BCUT2D eigenvalue weighted by molar-refractivity contribution is 8.00. The van der Waals surface area contributed by atoms with Gasteiger partial charge in [0.2, 0.25) is 5.91 Å². The van der Waals surface area contributed by atoms with E-state index in [1.807, 2.05) is 11.8 Å². The van der Waals surface area contributed by atoms with Gasteiger partial charge in [-0.15, -0.1) is 0 Å². The average molecular weight is 1190 g/mol. The number of methoxy groups -OCH3 is 1. The Balaban J connectivity index is 0.000000797. The Hall–Kier alpha value is -2.28. The minimum Gasteiger partial charge on any atom is -0.491 e. The summed E-state index contributed by atoms with van der Waals surface area (Å²) in [4.78, 5) is 35.7. The molecule has 4 amide bonds. The molecule has 3 atom stereocenters. The molecule has 21 heteroatoms. The van der Waals surface area contributed by atoms with Gasteiger partial charge in [-0.3, -0.25) is 9.59 Å². The maximum absolute atomic E-state index is 12.1. The quantitative estimate of drug-likeness (QED) is 0.0205. The Kier molecular flexibility index (Phi) is 52.7. The highest BCUT2D eigenvalue weighted by Crippen LogP contribution is 2.33. The fourth-order valence-corrected chi connectivity index (χ4v) is 10.6. The van der Waals surface area contributed by atoms with Gasteiger partial charge in [0.1, 0.15) is 18.1 Å². The number of thioether (sulfide) groups is 1.